The van der Waals surface area contributed by atoms with Crippen LogP contribution in [0.2, 0.25) is 0 Å². The molecule has 17 heavy (non-hydrogen) atoms. The Morgan fingerprint density at radius 1 is 1.53 bits per heavy atom. The average molecular weight is 238 g/mol. The van der Waals surface area contributed by atoms with E-state index in [1.54, 1.807) is 26.0 Å². The zero-order valence-electron chi connectivity index (χ0n) is 10.1. The van der Waals surface area contributed by atoms with Crippen molar-refractivity contribution in [3.8, 4) is 0 Å². The smallest absolute Gasteiger partial charge is 0.272 e. The Hall–Kier alpha value is -1.46. The molecule has 0 aromatic heterocycles. The third-order valence-corrected chi connectivity index (χ3v) is 2.54. The molecule has 0 aliphatic heterocycles. The van der Waals surface area contributed by atoms with E-state index in [0.717, 1.165) is 5.56 Å². The van der Waals surface area contributed by atoms with Crippen LogP contribution in [0.5, 0.6) is 0 Å². The minimum absolute atomic E-state index is 0.153. The highest BCUT2D eigenvalue weighted by atomic mass is 16.6. The minimum Gasteiger partial charge on any atom is -0.393 e. The first-order valence-electron chi connectivity index (χ1n) is 5.63. The Balaban J connectivity index is 2.54. The second-order valence-electron chi connectivity index (χ2n) is 4.19. The number of benzene rings is 1. The van der Waals surface area contributed by atoms with Crippen LogP contribution in [0.15, 0.2) is 18.2 Å². The maximum atomic E-state index is 10.7. The monoisotopic (exact) mass is 238 g/mol. The summed E-state index contributed by atoms with van der Waals surface area (Å²) in [5, 5.41) is 23.0. The maximum absolute atomic E-state index is 10.7. The van der Waals surface area contributed by atoms with Crippen LogP contribution in [0.3, 0.4) is 0 Å². The normalized spacial score (nSPS) is 12.4. The largest absolute Gasteiger partial charge is 0.393 e. The van der Waals surface area contributed by atoms with E-state index >= 15 is 0 Å². The van der Waals surface area contributed by atoms with Crippen molar-refractivity contribution >= 4 is 5.69 Å². The first-order chi connectivity index (χ1) is 8.00. The van der Waals surface area contributed by atoms with E-state index in [0.29, 0.717) is 25.1 Å². The van der Waals surface area contributed by atoms with Gasteiger partial charge in [0.25, 0.3) is 5.69 Å². The van der Waals surface area contributed by atoms with Gasteiger partial charge in [0.2, 0.25) is 0 Å². The van der Waals surface area contributed by atoms with Gasteiger partial charge in [0.1, 0.15) is 0 Å². The predicted molar refractivity (Wildman–Crippen MR) is 65.8 cm³/mol. The van der Waals surface area contributed by atoms with Gasteiger partial charge in [0, 0.05) is 18.2 Å². The van der Waals surface area contributed by atoms with Crippen molar-refractivity contribution in [1.29, 1.82) is 0 Å². The van der Waals surface area contributed by atoms with Gasteiger partial charge in [-0.1, -0.05) is 12.1 Å². The van der Waals surface area contributed by atoms with Crippen molar-refractivity contribution in [3.05, 3.63) is 39.4 Å². The molecule has 5 heteroatoms. The first-order valence-corrected chi connectivity index (χ1v) is 5.63. The van der Waals surface area contributed by atoms with Crippen LogP contribution in [0.1, 0.15) is 24.5 Å². The number of nitro benzene ring substituents is 1. The van der Waals surface area contributed by atoms with E-state index in [1.807, 2.05) is 6.07 Å². The third kappa shape index (κ3) is 4.50. The fraction of sp³-hybridized carbons (Fsp3) is 0.500. The van der Waals surface area contributed by atoms with Gasteiger partial charge in [0.15, 0.2) is 0 Å². The minimum atomic E-state index is -0.366. The number of rotatable bonds is 6. The van der Waals surface area contributed by atoms with Gasteiger partial charge < -0.3 is 10.4 Å². The third-order valence-electron chi connectivity index (χ3n) is 2.54. The lowest BCUT2D eigenvalue weighted by molar-refractivity contribution is -0.385. The van der Waals surface area contributed by atoms with Crippen molar-refractivity contribution < 1.29 is 10.0 Å². The summed E-state index contributed by atoms with van der Waals surface area (Å²) >= 11 is 0. The average Bonchev–Trinajstić information content (AvgIpc) is 2.25. The lowest BCUT2D eigenvalue weighted by Gasteiger charge is -2.07. The molecule has 94 valence electrons. The van der Waals surface area contributed by atoms with E-state index in [-0.39, 0.29) is 16.7 Å². The lowest BCUT2D eigenvalue weighted by Crippen LogP contribution is -2.18. The van der Waals surface area contributed by atoms with Crippen molar-refractivity contribution in [2.75, 3.05) is 6.54 Å². The highest BCUT2D eigenvalue weighted by Gasteiger charge is 2.10. The fourth-order valence-corrected chi connectivity index (χ4v) is 1.51. The Bertz CT molecular complexity index is 391. The van der Waals surface area contributed by atoms with Crippen molar-refractivity contribution in [2.45, 2.75) is 32.9 Å². The van der Waals surface area contributed by atoms with Gasteiger partial charge in [-0.25, -0.2) is 0 Å². The van der Waals surface area contributed by atoms with Crippen LogP contribution < -0.4 is 5.32 Å². The van der Waals surface area contributed by atoms with Gasteiger partial charge >= 0.3 is 0 Å². The molecule has 2 N–H and O–H groups in total. The molecule has 0 saturated heterocycles. The molecule has 0 heterocycles. The summed E-state index contributed by atoms with van der Waals surface area (Å²) in [6.45, 7) is 4.73. The summed E-state index contributed by atoms with van der Waals surface area (Å²) in [6, 6.07) is 5.21. The SMILES string of the molecule is Cc1ccc(CNCCC(C)O)cc1[N+](=O)[O-]. The lowest BCUT2D eigenvalue weighted by atomic mass is 10.1. The second kappa shape index (κ2) is 6.32. The molecule has 0 bridgehead atoms. The van der Waals surface area contributed by atoms with Gasteiger partial charge in [-0.05, 0) is 32.4 Å². The summed E-state index contributed by atoms with van der Waals surface area (Å²) in [4.78, 5) is 10.4. The summed E-state index contributed by atoms with van der Waals surface area (Å²) in [5.41, 5.74) is 1.70. The summed E-state index contributed by atoms with van der Waals surface area (Å²) in [7, 11) is 0. The molecule has 1 unspecified atom stereocenters. The van der Waals surface area contributed by atoms with E-state index in [9.17, 15) is 10.1 Å². The molecule has 0 radical (unpaired) electrons. The molecule has 5 nitrogen and oxygen atoms in total. The zero-order valence-corrected chi connectivity index (χ0v) is 10.1. The molecular weight excluding hydrogens is 220 g/mol. The number of nitro groups is 1. The van der Waals surface area contributed by atoms with Crippen LogP contribution in [0.4, 0.5) is 5.69 Å². The Morgan fingerprint density at radius 2 is 2.24 bits per heavy atom. The number of aryl methyl sites for hydroxylation is 1. The highest BCUT2D eigenvalue weighted by molar-refractivity contribution is 5.42. The predicted octanol–water partition coefficient (Wildman–Crippen LogP) is 1.76. The van der Waals surface area contributed by atoms with E-state index in [4.69, 9.17) is 5.11 Å². The maximum Gasteiger partial charge on any atom is 0.272 e. The van der Waals surface area contributed by atoms with Gasteiger partial charge in [-0.2, -0.15) is 0 Å². The van der Waals surface area contributed by atoms with Gasteiger partial charge in [0.05, 0.1) is 11.0 Å². The van der Waals surface area contributed by atoms with E-state index < -0.39 is 0 Å². The Labute approximate surface area is 101 Å². The molecule has 0 aliphatic carbocycles. The zero-order chi connectivity index (χ0) is 12.8. The molecule has 0 amide bonds. The van der Waals surface area contributed by atoms with Crippen LogP contribution in [0.25, 0.3) is 0 Å². The molecule has 1 aromatic carbocycles. The van der Waals surface area contributed by atoms with Gasteiger partial charge in [-0.15, -0.1) is 0 Å². The quantitative estimate of drug-likeness (QED) is 0.450. The summed E-state index contributed by atoms with van der Waals surface area (Å²) < 4.78 is 0. The fourth-order valence-electron chi connectivity index (χ4n) is 1.51. The van der Waals surface area contributed by atoms with Crippen LogP contribution in [-0.2, 0) is 6.54 Å². The molecule has 1 atom stereocenters. The molecular formula is C12H18N2O3. The Kier molecular flexibility index (Phi) is 5.06. The molecule has 1 rings (SSSR count). The molecule has 0 fully saturated rings. The molecule has 0 aliphatic rings. The van der Waals surface area contributed by atoms with Crippen molar-refractivity contribution in [2.24, 2.45) is 0 Å². The van der Waals surface area contributed by atoms with Crippen molar-refractivity contribution in [1.82, 2.24) is 5.32 Å². The number of aliphatic hydroxyl groups excluding tert-OH is 1. The highest BCUT2D eigenvalue weighted by Crippen LogP contribution is 2.18. The standard InChI is InChI=1S/C12H18N2O3/c1-9-3-4-11(7-12(9)14(16)17)8-13-6-5-10(2)15/h3-4,7,10,13,15H,5-6,8H2,1-2H3. The Morgan fingerprint density at radius 3 is 2.82 bits per heavy atom. The number of nitrogens with one attached hydrogen (secondary N) is 1. The summed E-state index contributed by atoms with van der Waals surface area (Å²) in [6.07, 6.45) is 0.350. The number of hydrogen-bond donors (Lipinski definition) is 2. The number of nitrogens with zero attached hydrogens (tertiary/aromatic N) is 1. The van der Waals surface area contributed by atoms with Gasteiger partial charge in [-0.3, -0.25) is 10.1 Å². The van der Waals surface area contributed by atoms with E-state index in [1.165, 1.54) is 0 Å². The molecule has 0 saturated carbocycles. The van der Waals surface area contributed by atoms with Crippen LogP contribution in [0, 0.1) is 17.0 Å². The second-order valence-corrected chi connectivity index (χ2v) is 4.19. The molecule has 0 spiro atoms. The van der Waals surface area contributed by atoms with Crippen LogP contribution in [-0.4, -0.2) is 22.7 Å². The van der Waals surface area contributed by atoms with Crippen molar-refractivity contribution in [3.63, 3.8) is 0 Å². The topological polar surface area (TPSA) is 75.4 Å². The molecule has 1 aromatic rings. The summed E-state index contributed by atoms with van der Waals surface area (Å²) in [5.74, 6) is 0. The van der Waals surface area contributed by atoms with Crippen LogP contribution >= 0.6 is 0 Å². The number of hydrogen-bond acceptors (Lipinski definition) is 4. The number of aliphatic hydroxyl groups is 1. The van der Waals surface area contributed by atoms with E-state index in [2.05, 4.69) is 5.32 Å². The first kappa shape index (κ1) is 13.6.